The van der Waals surface area contributed by atoms with Gasteiger partial charge in [-0.25, -0.2) is 4.98 Å². The van der Waals surface area contributed by atoms with E-state index in [1.54, 1.807) is 0 Å². The highest BCUT2D eigenvalue weighted by molar-refractivity contribution is 5.53. The van der Waals surface area contributed by atoms with Crippen LogP contribution < -0.4 is 10.2 Å². The summed E-state index contributed by atoms with van der Waals surface area (Å²) in [5.74, 6) is 0.974. The number of pyridine rings is 1. The minimum absolute atomic E-state index is 0.608. The highest BCUT2D eigenvalue weighted by Crippen LogP contribution is 2.20. The Labute approximate surface area is 105 Å². The molecule has 0 saturated carbocycles. The van der Waals surface area contributed by atoms with Crippen LogP contribution in [0.2, 0.25) is 0 Å². The number of rotatable bonds is 7. The van der Waals surface area contributed by atoms with Crippen LogP contribution in [0.4, 0.5) is 11.5 Å². The summed E-state index contributed by atoms with van der Waals surface area (Å²) in [6.07, 6.45) is 5.35. The van der Waals surface area contributed by atoms with Gasteiger partial charge in [0.1, 0.15) is 5.82 Å². The van der Waals surface area contributed by atoms with Gasteiger partial charge in [-0.15, -0.1) is 0 Å². The Hall–Kier alpha value is -1.25. The van der Waals surface area contributed by atoms with E-state index in [-0.39, 0.29) is 0 Å². The smallest absolute Gasteiger partial charge is 0.127 e. The minimum atomic E-state index is 0.608. The molecule has 0 aliphatic heterocycles. The molecule has 3 nitrogen and oxygen atoms in total. The summed E-state index contributed by atoms with van der Waals surface area (Å²) < 4.78 is 0. The molecule has 0 amide bonds. The van der Waals surface area contributed by atoms with Crippen molar-refractivity contribution >= 4 is 11.5 Å². The summed E-state index contributed by atoms with van der Waals surface area (Å²) in [6.45, 7) is 7.61. The largest absolute Gasteiger partial charge is 0.371 e. The molecule has 0 aromatic carbocycles. The van der Waals surface area contributed by atoms with Crippen LogP contribution in [0.3, 0.4) is 0 Å². The normalized spacial score (nSPS) is 10.6. The Bertz CT molecular complexity index is 321. The van der Waals surface area contributed by atoms with Gasteiger partial charge in [0.25, 0.3) is 0 Å². The average Bonchev–Trinajstić information content (AvgIpc) is 2.38. The van der Waals surface area contributed by atoms with Crippen molar-refractivity contribution in [2.45, 2.75) is 46.1 Å². The SMILES string of the molecule is CCCNc1cc(N(C)C(CC)CC)ccn1. The van der Waals surface area contributed by atoms with Gasteiger partial charge in [-0.2, -0.15) is 0 Å². The second-order valence-electron chi connectivity index (χ2n) is 4.41. The Morgan fingerprint density at radius 1 is 1.29 bits per heavy atom. The summed E-state index contributed by atoms with van der Waals surface area (Å²) in [7, 11) is 2.16. The number of hydrogen-bond acceptors (Lipinski definition) is 3. The Morgan fingerprint density at radius 3 is 2.59 bits per heavy atom. The van der Waals surface area contributed by atoms with E-state index < -0.39 is 0 Å². The molecular formula is C14H25N3. The van der Waals surface area contributed by atoms with Crippen LogP contribution in [0, 0.1) is 0 Å². The van der Waals surface area contributed by atoms with Crippen molar-refractivity contribution < 1.29 is 0 Å². The lowest BCUT2D eigenvalue weighted by atomic mass is 10.1. The molecule has 0 saturated heterocycles. The fourth-order valence-corrected chi connectivity index (χ4v) is 2.04. The molecule has 0 spiro atoms. The van der Waals surface area contributed by atoms with Gasteiger partial charge in [-0.1, -0.05) is 20.8 Å². The van der Waals surface area contributed by atoms with Gasteiger partial charge in [0.2, 0.25) is 0 Å². The van der Waals surface area contributed by atoms with Gasteiger partial charge in [-0.05, 0) is 25.3 Å². The Kier molecular flexibility index (Phi) is 5.81. The quantitative estimate of drug-likeness (QED) is 0.783. The molecule has 0 radical (unpaired) electrons. The summed E-state index contributed by atoms with van der Waals surface area (Å²) >= 11 is 0. The Balaban J connectivity index is 2.75. The van der Waals surface area contributed by atoms with Crippen LogP contribution in [0.15, 0.2) is 18.3 Å². The van der Waals surface area contributed by atoms with E-state index in [2.05, 4.69) is 55.2 Å². The minimum Gasteiger partial charge on any atom is -0.371 e. The van der Waals surface area contributed by atoms with Crippen molar-refractivity contribution in [1.29, 1.82) is 0 Å². The molecule has 17 heavy (non-hydrogen) atoms. The first-order chi connectivity index (χ1) is 8.22. The van der Waals surface area contributed by atoms with E-state index in [0.29, 0.717) is 6.04 Å². The molecule has 0 aliphatic carbocycles. The molecule has 1 N–H and O–H groups in total. The van der Waals surface area contributed by atoms with Gasteiger partial charge < -0.3 is 10.2 Å². The second kappa shape index (κ2) is 7.15. The van der Waals surface area contributed by atoms with E-state index in [0.717, 1.165) is 18.8 Å². The Morgan fingerprint density at radius 2 is 2.00 bits per heavy atom. The molecule has 0 unspecified atom stereocenters. The predicted molar refractivity (Wildman–Crippen MR) is 75.8 cm³/mol. The van der Waals surface area contributed by atoms with Crippen molar-refractivity contribution in [2.24, 2.45) is 0 Å². The first-order valence-electron chi connectivity index (χ1n) is 6.65. The average molecular weight is 235 g/mol. The zero-order valence-electron chi connectivity index (χ0n) is 11.5. The molecule has 1 rings (SSSR count). The number of nitrogens with zero attached hydrogens (tertiary/aromatic N) is 2. The van der Waals surface area contributed by atoms with Crippen molar-refractivity contribution in [3.63, 3.8) is 0 Å². The lowest BCUT2D eigenvalue weighted by Crippen LogP contribution is -2.30. The first kappa shape index (κ1) is 13.8. The summed E-state index contributed by atoms with van der Waals surface area (Å²) in [6, 6.07) is 4.82. The molecule has 1 aromatic rings. The summed E-state index contributed by atoms with van der Waals surface area (Å²) in [4.78, 5) is 6.68. The van der Waals surface area contributed by atoms with Crippen molar-refractivity contribution in [3.8, 4) is 0 Å². The number of hydrogen-bond donors (Lipinski definition) is 1. The van der Waals surface area contributed by atoms with Crippen LogP contribution in [0.5, 0.6) is 0 Å². The maximum absolute atomic E-state index is 4.33. The molecule has 0 fully saturated rings. The third-order valence-electron chi connectivity index (χ3n) is 3.20. The van der Waals surface area contributed by atoms with E-state index in [4.69, 9.17) is 0 Å². The monoisotopic (exact) mass is 235 g/mol. The van der Waals surface area contributed by atoms with Crippen molar-refractivity contribution in [1.82, 2.24) is 4.98 Å². The van der Waals surface area contributed by atoms with Gasteiger partial charge in [0.15, 0.2) is 0 Å². The number of nitrogens with one attached hydrogen (secondary N) is 1. The molecule has 1 aromatic heterocycles. The van der Waals surface area contributed by atoms with E-state index in [1.807, 2.05) is 6.20 Å². The predicted octanol–water partition coefficient (Wildman–Crippen LogP) is 3.53. The second-order valence-corrected chi connectivity index (χ2v) is 4.41. The van der Waals surface area contributed by atoms with E-state index in [1.165, 1.54) is 18.5 Å². The van der Waals surface area contributed by atoms with Crippen molar-refractivity contribution in [2.75, 3.05) is 23.8 Å². The molecule has 3 heteroatoms. The maximum Gasteiger partial charge on any atom is 0.127 e. The number of anilines is 2. The van der Waals surface area contributed by atoms with Crippen LogP contribution in [-0.2, 0) is 0 Å². The zero-order chi connectivity index (χ0) is 12.7. The van der Waals surface area contributed by atoms with Gasteiger partial charge in [0, 0.05) is 37.6 Å². The van der Waals surface area contributed by atoms with Crippen LogP contribution in [0.1, 0.15) is 40.0 Å². The molecular weight excluding hydrogens is 210 g/mol. The van der Waals surface area contributed by atoms with Crippen molar-refractivity contribution in [3.05, 3.63) is 18.3 Å². The maximum atomic E-state index is 4.33. The lowest BCUT2D eigenvalue weighted by molar-refractivity contribution is 0.591. The molecule has 96 valence electrons. The van der Waals surface area contributed by atoms with E-state index >= 15 is 0 Å². The molecule has 1 heterocycles. The first-order valence-corrected chi connectivity index (χ1v) is 6.65. The zero-order valence-corrected chi connectivity index (χ0v) is 11.5. The molecule has 0 atom stereocenters. The van der Waals surface area contributed by atoms with E-state index in [9.17, 15) is 0 Å². The third kappa shape index (κ3) is 3.91. The summed E-state index contributed by atoms with van der Waals surface area (Å²) in [5.41, 5.74) is 1.24. The van der Waals surface area contributed by atoms with Crippen LogP contribution >= 0.6 is 0 Å². The molecule has 0 aliphatic rings. The fourth-order valence-electron chi connectivity index (χ4n) is 2.04. The standard InChI is InChI=1S/C14H25N3/c1-5-9-15-14-11-13(8-10-16-14)17(4)12(6-2)7-3/h8,10-12H,5-7,9H2,1-4H3,(H,15,16). The van der Waals surface area contributed by atoms with Gasteiger partial charge in [-0.3, -0.25) is 0 Å². The van der Waals surface area contributed by atoms with Gasteiger partial charge in [0.05, 0.1) is 0 Å². The van der Waals surface area contributed by atoms with Gasteiger partial charge >= 0.3 is 0 Å². The van der Waals surface area contributed by atoms with Crippen LogP contribution in [0.25, 0.3) is 0 Å². The van der Waals surface area contributed by atoms with Crippen LogP contribution in [-0.4, -0.2) is 24.6 Å². The fraction of sp³-hybridized carbons (Fsp3) is 0.643. The highest BCUT2D eigenvalue weighted by Gasteiger charge is 2.11. The topological polar surface area (TPSA) is 28.2 Å². The third-order valence-corrected chi connectivity index (χ3v) is 3.20. The summed E-state index contributed by atoms with van der Waals surface area (Å²) in [5, 5.41) is 3.33. The lowest BCUT2D eigenvalue weighted by Gasteiger charge is -2.28. The molecule has 0 bridgehead atoms. The highest BCUT2D eigenvalue weighted by atomic mass is 15.1. The number of aromatic nitrogens is 1.